The minimum absolute atomic E-state index is 0.109. The number of urea groups is 1. The molecule has 0 aliphatic carbocycles. The van der Waals surface area contributed by atoms with Crippen LogP contribution in [-0.2, 0) is 26.9 Å². The van der Waals surface area contributed by atoms with Gasteiger partial charge in [0.25, 0.3) is 0 Å². The van der Waals surface area contributed by atoms with Crippen LogP contribution in [0.1, 0.15) is 17.5 Å². The zero-order valence-corrected chi connectivity index (χ0v) is 20.5. The first kappa shape index (κ1) is 24.0. The Hall–Kier alpha value is -3.09. The summed E-state index contributed by atoms with van der Waals surface area (Å²) in [6.45, 7) is 4.26. The first-order valence-corrected chi connectivity index (χ1v) is 13.6. The van der Waals surface area contributed by atoms with E-state index < -0.39 is 9.84 Å². The molecule has 3 aromatic rings. The highest BCUT2D eigenvalue weighted by molar-refractivity contribution is 7.89. The van der Waals surface area contributed by atoms with Crippen molar-refractivity contribution in [3.05, 3.63) is 52.6 Å². The third-order valence-electron chi connectivity index (χ3n) is 5.15. The number of nitrogens with one attached hydrogen (secondary N) is 2. The van der Waals surface area contributed by atoms with Gasteiger partial charge in [0, 0.05) is 41.2 Å². The molecule has 10 nitrogen and oxygen atoms in total. The monoisotopic (exact) mass is 502 g/mol. The third-order valence-corrected chi connectivity index (χ3v) is 6.75. The lowest BCUT2D eigenvalue weighted by Gasteiger charge is -2.34. The van der Waals surface area contributed by atoms with E-state index in [2.05, 4.69) is 25.5 Å². The molecule has 1 fully saturated rings. The van der Waals surface area contributed by atoms with Gasteiger partial charge in [0.2, 0.25) is 0 Å². The van der Waals surface area contributed by atoms with Crippen molar-refractivity contribution in [2.24, 2.45) is 0 Å². The quantitative estimate of drug-likeness (QED) is 0.505. The van der Waals surface area contributed by atoms with Crippen molar-refractivity contribution in [2.75, 3.05) is 36.2 Å². The third kappa shape index (κ3) is 6.49. The largest absolute Gasteiger partial charge is 0.377 e. The molecule has 2 amide bonds. The van der Waals surface area contributed by atoms with Crippen LogP contribution in [-0.4, -0.2) is 61.5 Å². The van der Waals surface area contributed by atoms with E-state index in [0.717, 1.165) is 4.88 Å². The molecule has 4 rings (SSSR count). The summed E-state index contributed by atoms with van der Waals surface area (Å²) in [7, 11) is -3.27. The number of sulfone groups is 1. The number of ether oxygens (including phenoxy) is 1. The normalized spacial score (nSPS) is 16.3. The second kappa shape index (κ2) is 10.5. The Bertz CT molecular complexity index is 1230. The molecule has 1 aliphatic rings. The van der Waals surface area contributed by atoms with E-state index in [4.69, 9.17) is 9.72 Å². The van der Waals surface area contributed by atoms with Crippen LogP contribution in [0.2, 0.25) is 0 Å². The summed E-state index contributed by atoms with van der Waals surface area (Å²) in [5.41, 5.74) is 3.48. The first-order chi connectivity index (χ1) is 16.3. The highest BCUT2D eigenvalue weighted by Gasteiger charge is 2.22. The second-order valence-corrected chi connectivity index (χ2v) is 11.2. The molecular formula is C22H26N6O4S2. The van der Waals surface area contributed by atoms with Crippen molar-refractivity contribution < 1.29 is 17.9 Å². The summed E-state index contributed by atoms with van der Waals surface area (Å²) >= 11 is 1.47. The average molecular weight is 503 g/mol. The Kier molecular flexibility index (Phi) is 7.39. The molecule has 2 N–H and O–H groups in total. The van der Waals surface area contributed by atoms with Crippen molar-refractivity contribution in [1.29, 1.82) is 0 Å². The predicted octanol–water partition coefficient (Wildman–Crippen LogP) is 2.69. The highest BCUT2D eigenvalue weighted by Crippen LogP contribution is 2.25. The van der Waals surface area contributed by atoms with E-state index in [1.807, 2.05) is 6.92 Å². The van der Waals surface area contributed by atoms with Gasteiger partial charge in [0.15, 0.2) is 15.7 Å². The van der Waals surface area contributed by atoms with Crippen LogP contribution >= 0.6 is 11.3 Å². The van der Waals surface area contributed by atoms with Gasteiger partial charge in [-0.3, -0.25) is 4.98 Å². The summed E-state index contributed by atoms with van der Waals surface area (Å²) in [6, 6.07) is 8.62. The van der Waals surface area contributed by atoms with Gasteiger partial charge in [0.05, 0.1) is 42.8 Å². The number of carbonyl (C=O) groups is 1. The topological polar surface area (TPSA) is 126 Å². The maximum atomic E-state index is 12.2. The maximum absolute atomic E-state index is 12.2. The Morgan fingerprint density at radius 3 is 2.74 bits per heavy atom. The minimum Gasteiger partial charge on any atom is -0.377 e. The number of aromatic nitrogens is 3. The van der Waals surface area contributed by atoms with Crippen molar-refractivity contribution in [3.63, 3.8) is 0 Å². The standard InChI is InChI=1S/C22H26N6O4S2/c1-15-12-32-8-7-28(15)20-9-18(13-34(2,30)31)25-21(27-20)16-3-5-17(6-4-16)26-22(29)24-11-19-10-23-14-33-19/h3-6,9-10,14-15H,7-8,11-13H2,1-2H3,(H2,24,26,29)/t15-/m0/s1. The van der Waals surface area contributed by atoms with Crippen molar-refractivity contribution in [2.45, 2.75) is 25.3 Å². The van der Waals surface area contributed by atoms with Crippen LogP contribution in [0, 0.1) is 0 Å². The molecule has 0 bridgehead atoms. The second-order valence-electron chi connectivity index (χ2n) is 8.08. The fraction of sp³-hybridized carbons (Fsp3) is 0.364. The van der Waals surface area contributed by atoms with E-state index >= 15 is 0 Å². The van der Waals surface area contributed by atoms with Crippen molar-refractivity contribution >= 4 is 38.7 Å². The summed E-state index contributed by atoms with van der Waals surface area (Å²) in [5.74, 6) is 0.925. The molecule has 3 heterocycles. The summed E-state index contributed by atoms with van der Waals surface area (Å²) in [5, 5.41) is 5.57. The Balaban J connectivity index is 1.53. The van der Waals surface area contributed by atoms with Gasteiger partial charge in [0.1, 0.15) is 5.82 Å². The van der Waals surface area contributed by atoms with Crippen molar-refractivity contribution in [1.82, 2.24) is 20.3 Å². The lowest BCUT2D eigenvalue weighted by molar-refractivity contribution is 0.0985. The summed E-state index contributed by atoms with van der Waals surface area (Å²) < 4.78 is 29.4. The van der Waals surface area contributed by atoms with Crippen molar-refractivity contribution in [3.8, 4) is 11.4 Å². The number of benzene rings is 1. The van der Waals surface area contributed by atoms with Crippen LogP contribution in [0.25, 0.3) is 11.4 Å². The Morgan fingerprint density at radius 2 is 2.06 bits per heavy atom. The molecule has 1 saturated heterocycles. The molecule has 0 radical (unpaired) electrons. The zero-order chi connectivity index (χ0) is 24.1. The first-order valence-electron chi connectivity index (χ1n) is 10.7. The number of carbonyl (C=O) groups excluding carboxylic acids is 1. The van der Waals surface area contributed by atoms with Crippen LogP contribution in [0.3, 0.4) is 0 Å². The Morgan fingerprint density at radius 1 is 1.26 bits per heavy atom. The molecule has 12 heteroatoms. The Labute approximate surface area is 202 Å². The molecule has 2 aromatic heterocycles. The van der Waals surface area contributed by atoms with E-state index in [0.29, 0.717) is 54.9 Å². The molecule has 34 heavy (non-hydrogen) atoms. The lowest BCUT2D eigenvalue weighted by atomic mass is 10.2. The molecule has 1 aromatic carbocycles. The van der Waals surface area contributed by atoms with Gasteiger partial charge in [-0.15, -0.1) is 11.3 Å². The number of morpholine rings is 1. The number of amides is 2. The van der Waals surface area contributed by atoms with E-state index in [9.17, 15) is 13.2 Å². The predicted molar refractivity (Wildman–Crippen MR) is 132 cm³/mol. The maximum Gasteiger partial charge on any atom is 0.319 e. The van der Waals surface area contributed by atoms with Gasteiger partial charge in [-0.05, 0) is 31.2 Å². The molecule has 180 valence electrons. The SMILES string of the molecule is C[C@H]1COCCN1c1cc(CS(C)(=O)=O)nc(-c2ccc(NC(=O)NCc3cncs3)cc2)n1. The summed E-state index contributed by atoms with van der Waals surface area (Å²) in [6.07, 6.45) is 2.90. The van der Waals surface area contributed by atoms with Crippen LogP contribution in [0.4, 0.5) is 16.3 Å². The van der Waals surface area contributed by atoms with Crippen LogP contribution in [0.15, 0.2) is 42.0 Å². The van der Waals surface area contributed by atoms with Crippen LogP contribution in [0.5, 0.6) is 0 Å². The number of nitrogens with zero attached hydrogens (tertiary/aromatic N) is 4. The number of anilines is 2. The molecule has 1 aliphatic heterocycles. The van der Waals surface area contributed by atoms with E-state index in [1.54, 1.807) is 42.0 Å². The molecule has 0 unspecified atom stereocenters. The van der Waals surface area contributed by atoms with Gasteiger partial charge in [-0.1, -0.05) is 0 Å². The molecule has 1 atom stereocenters. The molecule has 0 saturated carbocycles. The number of rotatable bonds is 7. The smallest absolute Gasteiger partial charge is 0.319 e. The number of hydrogen-bond donors (Lipinski definition) is 2. The zero-order valence-electron chi connectivity index (χ0n) is 18.9. The van der Waals surface area contributed by atoms with E-state index in [1.165, 1.54) is 17.6 Å². The van der Waals surface area contributed by atoms with Crippen LogP contribution < -0.4 is 15.5 Å². The van der Waals surface area contributed by atoms with Gasteiger partial charge in [-0.25, -0.2) is 23.2 Å². The number of thiazole rings is 1. The fourth-order valence-electron chi connectivity index (χ4n) is 3.54. The highest BCUT2D eigenvalue weighted by atomic mass is 32.2. The fourth-order valence-corrected chi connectivity index (χ4v) is 4.76. The molecule has 0 spiro atoms. The van der Waals surface area contributed by atoms with Gasteiger partial charge >= 0.3 is 6.03 Å². The average Bonchev–Trinajstić information content (AvgIpc) is 3.31. The van der Waals surface area contributed by atoms with E-state index in [-0.39, 0.29) is 17.8 Å². The minimum atomic E-state index is -3.27. The van der Waals surface area contributed by atoms with Gasteiger partial charge < -0.3 is 20.3 Å². The molecular weight excluding hydrogens is 476 g/mol. The summed E-state index contributed by atoms with van der Waals surface area (Å²) in [4.78, 5) is 28.4. The number of hydrogen-bond acceptors (Lipinski definition) is 9. The lowest BCUT2D eigenvalue weighted by Crippen LogP contribution is -2.44. The van der Waals surface area contributed by atoms with Gasteiger partial charge in [-0.2, -0.15) is 0 Å².